The molecule has 4 nitrogen and oxygen atoms in total. The van der Waals surface area contributed by atoms with Gasteiger partial charge in [-0.3, -0.25) is 4.79 Å². The molecule has 1 heterocycles. The van der Waals surface area contributed by atoms with E-state index in [4.69, 9.17) is 4.98 Å². The highest BCUT2D eigenvalue weighted by atomic mass is 16.1. The SMILES string of the molecule is CCCCCCCn1c(CCCNC(=O)c2cccc(C)c2)nc2ccccc21. The number of amides is 1. The van der Waals surface area contributed by atoms with E-state index in [0.29, 0.717) is 6.54 Å². The summed E-state index contributed by atoms with van der Waals surface area (Å²) in [6, 6.07) is 16.1. The molecule has 1 amide bonds. The number of unbranched alkanes of at least 4 members (excludes halogenated alkanes) is 4. The van der Waals surface area contributed by atoms with Crippen LogP contribution in [0.2, 0.25) is 0 Å². The maximum absolute atomic E-state index is 12.3. The summed E-state index contributed by atoms with van der Waals surface area (Å²) in [5, 5.41) is 3.04. The maximum atomic E-state index is 12.3. The summed E-state index contributed by atoms with van der Waals surface area (Å²) in [5.74, 6) is 1.13. The van der Waals surface area contributed by atoms with Crippen molar-refractivity contribution in [1.29, 1.82) is 0 Å². The molecule has 0 aliphatic rings. The quantitative estimate of drug-likeness (QED) is 0.428. The predicted molar refractivity (Wildman–Crippen MR) is 120 cm³/mol. The number of carbonyl (C=O) groups is 1. The van der Waals surface area contributed by atoms with Crippen molar-refractivity contribution < 1.29 is 4.79 Å². The van der Waals surface area contributed by atoms with E-state index in [1.165, 1.54) is 37.6 Å². The van der Waals surface area contributed by atoms with Gasteiger partial charge in [0.15, 0.2) is 0 Å². The minimum Gasteiger partial charge on any atom is -0.352 e. The first kappa shape index (κ1) is 21.1. The van der Waals surface area contributed by atoms with Gasteiger partial charge in [0.1, 0.15) is 5.82 Å². The molecule has 0 saturated heterocycles. The summed E-state index contributed by atoms with van der Waals surface area (Å²) in [5.41, 5.74) is 4.12. The fourth-order valence-corrected chi connectivity index (χ4v) is 3.78. The van der Waals surface area contributed by atoms with Gasteiger partial charge in [0.05, 0.1) is 11.0 Å². The lowest BCUT2D eigenvalue weighted by Gasteiger charge is -2.10. The number of para-hydroxylation sites is 2. The first-order valence-electron chi connectivity index (χ1n) is 11.0. The number of benzene rings is 2. The van der Waals surface area contributed by atoms with Gasteiger partial charge >= 0.3 is 0 Å². The molecular weight excluding hydrogens is 358 g/mol. The third-order valence-electron chi connectivity index (χ3n) is 5.36. The Bertz CT molecular complexity index is 929. The van der Waals surface area contributed by atoms with Gasteiger partial charge in [-0.15, -0.1) is 0 Å². The third-order valence-corrected chi connectivity index (χ3v) is 5.36. The van der Waals surface area contributed by atoms with Gasteiger partial charge in [0, 0.05) is 25.1 Å². The van der Waals surface area contributed by atoms with Crippen molar-refractivity contribution in [2.24, 2.45) is 0 Å². The lowest BCUT2D eigenvalue weighted by atomic mass is 10.1. The molecule has 1 N–H and O–H groups in total. The summed E-state index contributed by atoms with van der Waals surface area (Å²) in [6.07, 6.45) is 8.12. The normalized spacial score (nSPS) is 11.1. The van der Waals surface area contributed by atoms with E-state index in [2.05, 4.69) is 35.0 Å². The van der Waals surface area contributed by atoms with Gasteiger partial charge < -0.3 is 9.88 Å². The molecule has 3 rings (SSSR count). The van der Waals surface area contributed by atoms with Crippen LogP contribution in [0.5, 0.6) is 0 Å². The zero-order valence-electron chi connectivity index (χ0n) is 17.8. The van der Waals surface area contributed by atoms with Crippen molar-refractivity contribution in [1.82, 2.24) is 14.9 Å². The lowest BCUT2D eigenvalue weighted by Crippen LogP contribution is -2.25. The van der Waals surface area contributed by atoms with Gasteiger partial charge in [-0.2, -0.15) is 0 Å². The second-order valence-electron chi connectivity index (χ2n) is 7.81. The molecule has 2 aromatic carbocycles. The van der Waals surface area contributed by atoms with Crippen LogP contribution in [0.25, 0.3) is 11.0 Å². The van der Waals surface area contributed by atoms with Gasteiger partial charge in [0.25, 0.3) is 5.91 Å². The molecule has 0 atom stereocenters. The van der Waals surface area contributed by atoms with Crippen LogP contribution >= 0.6 is 0 Å². The fourth-order valence-electron chi connectivity index (χ4n) is 3.78. The Morgan fingerprint density at radius 2 is 1.83 bits per heavy atom. The molecule has 29 heavy (non-hydrogen) atoms. The van der Waals surface area contributed by atoms with Crippen LogP contribution in [0.3, 0.4) is 0 Å². The third kappa shape index (κ3) is 5.93. The van der Waals surface area contributed by atoms with E-state index in [1.807, 2.05) is 37.3 Å². The van der Waals surface area contributed by atoms with Crippen LogP contribution in [0, 0.1) is 6.92 Å². The van der Waals surface area contributed by atoms with Crippen LogP contribution in [0.1, 0.15) is 67.2 Å². The zero-order chi connectivity index (χ0) is 20.5. The highest BCUT2D eigenvalue weighted by Gasteiger charge is 2.11. The molecular formula is C25H33N3O. The number of aryl methyl sites for hydroxylation is 3. The topological polar surface area (TPSA) is 46.9 Å². The van der Waals surface area contributed by atoms with E-state index < -0.39 is 0 Å². The van der Waals surface area contributed by atoms with E-state index in [1.54, 1.807) is 0 Å². The number of rotatable bonds is 11. The van der Waals surface area contributed by atoms with Crippen molar-refractivity contribution in [2.75, 3.05) is 6.54 Å². The first-order chi connectivity index (χ1) is 14.2. The summed E-state index contributed by atoms with van der Waals surface area (Å²) in [6.45, 7) is 5.93. The number of carbonyl (C=O) groups excluding carboxylic acids is 1. The number of nitrogens with one attached hydrogen (secondary N) is 1. The van der Waals surface area contributed by atoms with Crippen LogP contribution in [-0.2, 0) is 13.0 Å². The highest BCUT2D eigenvalue weighted by molar-refractivity contribution is 5.94. The van der Waals surface area contributed by atoms with Crippen LogP contribution in [-0.4, -0.2) is 22.0 Å². The number of fused-ring (bicyclic) bond motifs is 1. The van der Waals surface area contributed by atoms with E-state index in [-0.39, 0.29) is 5.91 Å². The highest BCUT2D eigenvalue weighted by Crippen LogP contribution is 2.18. The number of hydrogen-bond acceptors (Lipinski definition) is 2. The molecule has 3 aromatic rings. The van der Waals surface area contributed by atoms with Gasteiger partial charge in [0.2, 0.25) is 0 Å². The molecule has 0 bridgehead atoms. The van der Waals surface area contributed by atoms with E-state index in [0.717, 1.165) is 41.9 Å². The van der Waals surface area contributed by atoms with Gasteiger partial charge in [-0.05, 0) is 44.0 Å². The molecule has 1 aromatic heterocycles. The Morgan fingerprint density at radius 1 is 1.00 bits per heavy atom. The summed E-state index contributed by atoms with van der Waals surface area (Å²) in [7, 11) is 0. The zero-order valence-corrected chi connectivity index (χ0v) is 17.8. The second-order valence-corrected chi connectivity index (χ2v) is 7.81. The van der Waals surface area contributed by atoms with E-state index in [9.17, 15) is 4.79 Å². The molecule has 154 valence electrons. The monoisotopic (exact) mass is 391 g/mol. The van der Waals surface area contributed by atoms with Crippen LogP contribution < -0.4 is 5.32 Å². The lowest BCUT2D eigenvalue weighted by molar-refractivity contribution is 0.0953. The van der Waals surface area contributed by atoms with Gasteiger partial charge in [-0.25, -0.2) is 4.98 Å². The Kier molecular flexibility index (Phi) is 7.85. The molecule has 0 spiro atoms. The Balaban J connectivity index is 1.56. The van der Waals surface area contributed by atoms with E-state index >= 15 is 0 Å². The number of imidazole rings is 1. The molecule has 0 saturated carbocycles. The van der Waals surface area contributed by atoms with Crippen molar-refractivity contribution in [3.05, 3.63) is 65.5 Å². The Labute approximate surface area is 174 Å². The minimum absolute atomic E-state index is 0.00173. The summed E-state index contributed by atoms with van der Waals surface area (Å²) in [4.78, 5) is 17.2. The summed E-state index contributed by atoms with van der Waals surface area (Å²) >= 11 is 0. The molecule has 0 aliphatic carbocycles. The Hall–Kier alpha value is -2.62. The number of aromatic nitrogens is 2. The standard InChI is InChI=1S/C25H33N3O/c1-3-4-5-6-9-18-28-23-15-8-7-14-22(23)27-24(28)16-11-17-26-25(29)21-13-10-12-20(2)19-21/h7-8,10,12-15,19H,3-6,9,11,16-18H2,1-2H3,(H,26,29). The second kappa shape index (κ2) is 10.8. The molecule has 0 unspecified atom stereocenters. The largest absolute Gasteiger partial charge is 0.352 e. The van der Waals surface area contributed by atoms with Crippen LogP contribution in [0.15, 0.2) is 48.5 Å². The summed E-state index contributed by atoms with van der Waals surface area (Å²) < 4.78 is 2.38. The number of hydrogen-bond donors (Lipinski definition) is 1. The van der Waals surface area contributed by atoms with Crippen molar-refractivity contribution in [3.63, 3.8) is 0 Å². The molecule has 4 heteroatoms. The van der Waals surface area contributed by atoms with Crippen molar-refractivity contribution >= 4 is 16.9 Å². The van der Waals surface area contributed by atoms with Gasteiger partial charge in [-0.1, -0.05) is 62.4 Å². The Morgan fingerprint density at radius 3 is 2.66 bits per heavy atom. The van der Waals surface area contributed by atoms with Crippen molar-refractivity contribution in [3.8, 4) is 0 Å². The fraction of sp³-hybridized carbons (Fsp3) is 0.440. The number of nitrogens with zero attached hydrogens (tertiary/aromatic N) is 2. The average Bonchev–Trinajstić information content (AvgIpc) is 3.08. The van der Waals surface area contributed by atoms with Crippen LogP contribution in [0.4, 0.5) is 0 Å². The van der Waals surface area contributed by atoms with Crippen molar-refractivity contribution in [2.45, 2.75) is 65.3 Å². The first-order valence-corrected chi connectivity index (χ1v) is 11.0. The smallest absolute Gasteiger partial charge is 0.251 e. The average molecular weight is 392 g/mol. The molecule has 0 fully saturated rings. The molecule has 0 radical (unpaired) electrons. The maximum Gasteiger partial charge on any atom is 0.251 e. The minimum atomic E-state index is -0.00173. The molecule has 0 aliphatic heterocycles. The predicted octanol–water partition coefficient (Wildman–Crippen LogP) is 5.68.